The molecule has 5 nitrogen and oxygen atoms in total. The van der Waals surface area contributed by atoms with E-state index in [1.54, 1.807) is 23.9 Å². The molecule has 0 saturated heterocycles. The fourth-order valence-electron chi connectivity index (χ4n) is 1.32. The third-order valence-electron chi connectivity index (χ3n) is 2.18. The number of aliphatic hydroxyl groups is 1. The molecule has 0 spiro atoms. The van der Waals surface area contributed by atoms with Gasteiger partial charge in [0.25, 0.3) is 0 Å². The second kappa shape index (κ2) is 3.26. The quantitative estimate of drug-likeness (QED) is 0.756. The number of methoxy groups -OCH3 is 1. The number of hydrogen-bond acceptors (Lipinski definition) is 4. The lowest BCUT2D eigenvalue weighted by Crippen LogP contribution is -2.01. The van der Waals surface area contributed by atoms with Gasteiger partial charge in [-0.15, -0.1) is 5.10 Å². The van der Waals surface area contributed by atoms with Crippen molar-refractivity contribution < 1.29 is 9.84 Å². The van der Waals surface area contributed by atoms with Crippen LogP contribution in [0.3, 0.4) is 0 Å². The van der Waals surface area contributed by atoms with E-state index in [2.05, 4.69) is 10.1 Å². The first kappa shape index (κ1) is 8.96. The first-order chi connectivity index (χ1) is 6.76. The zero-order valence-corrected chi connectivity index (χ0v) is 8.06. The van der Waals surface area contributed by atoms with Gasteiger partial charge in [0.2, 0.25) is 5.88 Å². The van der Waals surface area contributed by atoms with Crippen LogP contribution in [0.2, 0.25) is 0 Å². The van der Waals surface area contributed by atoms with Crippen molar-refractivity contribution in [3.05, 3.63) is 23.5 Å². The minimum atomic E-state index is -0.0308. The van der Waals surface area contributed by atoms with Crippen LogP contribution < -0.4 is 4.74 Å². The SMILES string of the molecule is COc1cc2ncc(CO)c(C)n2n1. The Kier molecular flexibility index (Phi) is 2.09. The monoisotopic (exact) mass is 193 g/mol. The van der Waals surface area contributed by atoms with E-state index < -0.39 is 0 Å². The molecule has 0 atom stereocenters. The van der Waals surface area contributed by atoms with Crippen LogP contribution in [0.1, 0.15) is 11.3 Å². The van der Waals surface area contributed by atoms with Gasteiger partial charge in [-0.2, -0.15) is 0 Å². The third kappa shape index (κ3) is 1.22. The molecule has 0 fully saturated rings. The number of rotatable bonds is 2. The van der Waals surface area contributed by atoms with Gasteiger partial charge in [-0.1, -0.05) is 0 Å². The van der Waals surface area contributed by atoms with Crippen LogP contribution in [-0.4, -0.2) is 26.8 Å². The van der Waals surface area contributed by atoms with Gasteiger partial charge in [-0.3, -0.25) is 0 Å². The molecule has 2 aromatic heterocycles. The normalized spacial score (nSPS) is 10.8. The van der Waals surface area contributed by atoms with Crippen molar-refractivity contribution in [1.82, 2.24) is 14.6 Å². The highest BCUT2D eigenvalue weighted by Crippen LogP contribution is 2.14. The molecule has 2 rings (SSSR count). The van der Waals surface area contributed by atoms with Crippen LogP contribution in [-0.2, 0) is 6.61 Å². The molecule has 0 unspecified atom stereocenters. The lowest BCUT2D eigenvalue weighted by Gasteiger charge is -2.02. The summed E-state index contributed by atoms with van der Waals surface area (Å²) in [5, 5.41) is 13.2. The van der Waals surface area contributed by atoms with E-state index in [1.807, 2.05) is 6.92 Å². The van der Waals surface area contributed by atoms with Crippen LogP contribution in [0.15, 0.2) is 12.3 Å². The summed E-state index contributed by atoms with van der Waals surface area (Å²) in [7, 11) is 1.56. The van der Waals surface area contributed by atoms with Gasteiger partial charge in [-0.25, -0.2) is 9.50 Å². The van der Waals surface area contributed by atoms with E-state index in [0.717, 1.165) is 16.9 Å². The smallest absolute Gasteiger partial charge is 0.235 e. The van der Waals surface area contributed by atoms with Crippen LogP contribution in [0.5, 0.6) is 5.88 Å². The number of nitrogens with zero attached hydrogens (tertiary/aromatic N) is 3. The summed E-state index contributed by atoms with van der Waals surface area (Å²) in [6.45, 7) is 1.85. The molecule has 0 aromatic carbocycles. The van der Waals surface area contributed by atoms with Crippen molar-refractivity contribution in [2.45, 2.75) is 13.5 Å². The zero-order chi connectivity index (χ0) is 10.1. The molecular weight excluding hydrogens is 182 g/mol. The fourth-order valence-corrected chi connectivity index (χ4v) is 1.32. The highest BCUT2D eigenvalue weighted by molar-refractivity contribution is 5.43. The highest BCUT2D eigenvalue weighted by Gasteiger charge is 2.07. The van der Waals surface area contributed by atoms with Crippen molar-refractivity contribution >= 4 is 5.65 Å². The average molecular weight is 193 g/mol. The second-order valence-corrected chi connectivity index (χ2v) is 2.98. The predicted molar refractivity (Wildman–Crippen MR) is 50.2 cm³/mol. The number of ether oxygens (including phenoxy) is 1. The van der Waals surface area contributed by atoms with E-state index in [-0.39, 0.29) is 6.61 Å². The van der Waals surface area contributed by atoms with E-state index in [1.165, 1.54) is 0 Å². The van der Waals surface area contributed by atoms with E-state index >= 15 is 0 Å². The molecule has 0 aliphatic heterocycles. The molecule has 0 aliphatic carbocycles. The van der Waals surface area contributed by atoms with Crippen molar-refractivity contribution in [2.75, 3.05) is 7.11 Å². The van der Waals surface area contributed by atoms with Gasteiger partial charge in [-0.05, 0) is 6.92 Å². The first-order valence-corrected chi connectivity index (χ1v) is 4.25. The van der Waals surface area contributed by atoms with Gasteiger partial charge in [0.05, 0.1) is 13.7 Å². The lowest BCUT2D eigenvalue weighted by atomic mass is 10.2. The maximum atomic E-state index is 9.03. The van der Waals surface area contributed by atoms with Crippen LogP contribution >= 0.6 is 0 Å². The largest absolute Gasteiger partial charge is 0.480 e. The Labute approximate surface area is 81.0 Å². The van der Waals surface area contributed by atoms with E-state index in [4.69, 9.17) is 9.84 Å². The predicted octanol–water partition coefficient (Wildman–Crippen LogP) is 0.539. The number of aliphatic hydroxyl groups excluding tert-OH is 1. The summed E-state index contributed by atoms with van der Waals surface area (Å²) in [5.74, 6) is 0.524. The van der Waals surface area contributed by atoms with Gasteiger partial charge in [0.1, 0.15) is 0 Å². The minimum Gasteiger partial charge on any atom is -0.480 e. The van der Waals surface area contributed by atoms with Crippen molar-refractivity contribution in [3.8, 4) is 5.88 Å². The molecule has 0 aliphatic rings. The fraction of sp³-hybridized carbons (Fsp3) is 0.333. The molecule has 0 radical (unpaired) electrons. The standard InChI is InChI=1S/C9H11N3O2/c1-6-7(5-13)4-10-8-3-9(14-2)11-12(6)8/h3-4,13H,5H2,1-2H3. The Bertz CT molecular complexity index is 464. The first-order valence-electron chi connectivity index (χ1n) is 4.25. The number of fused-ring (bicyclic) bond motifs is 1. The molecule has 2 aromatic rings. The summed E-state index contributed by atoms with van der Waals surface area (Å²) in [4.78, 5) is 4.14. The summed E-state index contributed by atoms with van der Waals surface area (Å²) in [6, 6.07) is 1.74. The van der Waals surface area contributed by atoms with Gasteiger partial charge in [0, 0.05) is 23.5 Å². The Morgan fingerprint density at radius 2 is 2.36 bits per heavy atom. The molecule has 14 heavy (non-hydrogen) atoms. The minimum absolute atomic E-state index is 0.0308. The van der Waals surface area contributed by atoms with Crippen LogP contribution in [0.4, 0.5) is 0 Å². The second-order valence-electron chi connectivity index (χ2n) is 2.98. The molecule has 1 N–H and O–H groups in total. The maximum absolute atomic E-state index is 9.03. The topological polar surface area (TPSA) is 59.7 Å². The maximum Gasteiger partial charge on any atom is 0.235 e. The summed E-state index contributed by atoms with van der Waals surface area (Å²) in [6.07, 6.45) is 1.64. The molecule has 5 heteroatoms. The highest BCUT2D eigenvalue weighted by atomic mass is 16.5. The van der Waals surface area contributed by atoms with Gasteiger partial charge < -0.3 is 9.84 Å². The summed E-state index contributed by atoms with van der Waals surface area (Å²) in [5.41, 5.74) is 2.36. The Morgan fingerprint density at radius 3 is 3.00 bits per heavy atom. The van der Waals surface area contributed by atoms with Crippen molar-refractivity contribution in [3.63, 3.8) is 0 Å². The van der Waals surface area contributed by atoms with Crippen LogP contribution in [0, 0.1) is 6.92 Å². The van der Waals surface area contributed by atoms with Crippen LogP contribution in [0.25, 0.3) is 5.65 Å². The van der Waals surface area contributed by atoms with E-state index in [9.17, 15) is 0 Å². The van der Waals surface area contributed by atoms with Crippen molar-refractivity contribution in [2.24, 2.45) is 0 Å². The lowest BCUT2D eigenvalue weighted by molar-refractivity contribution is 0.279. The van der Waals surface area contributed by atoms with E-state index in [0.29, 0.717) is 5.88 Å². The number of aromatic nitrogens is 3. The molecular formula is C9H11N3O2. The Balaban J connectivity index is 2.68. The van der Waals surface area contributed by atoms with Crippen molar-refractivity contribution in [1.29, 1.82) is 0 Å². The average Bonchev–Trinajstić information content (AvgIpc) is 2.62. The van der Waals surface area contributed by atoms with Gasteiger partial charge >= 0.3 is 0 Å². The molecule has 0 saturated carbocycles. The Morgan fingerprint density at radius 1 is 1.57 bits per heavy atom. The number of hydrogen-bond donors (Lipinski definition) is 1. The Hall–Kier alpha value is -1.62. The molecule has 0 bridgehead atoms. The zero-order valence-electron chi connectivity index (χ0n) is 8.06. The third-order valence-corrected chi connectivity index (χ3v) is 2.18. The number of aryl methyl sites for hydroxylation is 1. The summed E-state index contributed by atoms with van der Waals surface area (Å²) >= 11 is 0. The van der Waals surface area contributed by atoms with Gasteiger partial charge in [0.15, 0.2) is 5.65 Å². The molecule has 74 valence electrons. The molecule has 0 amide bonds. The molecule has 2 heterocycles. The summed E-state index contributed by atoms with van der Waals surface area (Å²) < 4.78 is 6.65.